The van der Waals surface area contributed by atoms with Crippen LogP contribution in [0.15, 0.2) is 0 Å². The fraction of sp³-hybridized carbons (Fsp3) is 0.750. The quantitative estimate of drug-likeness (QED) is 0.417. The maximum atomic E-state index is 10.3. The number of rotatable bonds is 0. The van der Waals surface area contributed by atoms with Crippen LogP contribution in [0.5, 0.6) is 0 Å². The van der Waals surface area contributed by atoms with Crippen molar-refractivity contribution >= 4 is 31.4 Å². The van der Waals surface area contributed by atoms with Crippen molar-refractivity contribution in [3.8, 4) is 0 Å². The standard InChI is InChI=1S/C4H6O3S2/c5-4-6-2(8)1-3(9)7-4/h2-3,8-9H,1H2. The van der Waals surface area contributed by atoms with Gasteiger partial charge in [0.1, 0.15) is 0 Å². The van der Waals surface area contributed by atoms with E-state index >= 15 is 0 Å². The number of cyclic esters (lactones) is 2. The molecule has 0 N–H and O–H groups in total. The Morgan fingerprint density at radius 3 is 2.11 bits per heavy atom. The Labute approximate surface area is 63.5 Å². The Kier molecular flexibility index (Phi) is 2.13. The van der Waals surface area contributed by atoms with Gasteiger partial charge in [-0.15, -0.1) is 25.3 Å². The highest BCUT2D eigenvalue weighted by atomic mass is 32.1. The Morgan fingerprint density at radius 1 is 1.33 bits per heavy atom. The first-order valence-corrected chi connectivity index (χ1v) is 3.45. The normalized spacial score (nSPS) is 35.1. The molecule has 52 valence electrons. The fourth-order valence-corrected chi connectivity index (χ4v) is 1.24. The molecule has 0 spiro atoms. The molecule has 1 saturated heterocycles. The smallest absolute Gasteiger partial charge is 0.420 e. The predicted molar refractivity (Wildman–Crippen MR) is 37.7 cm³/mol. The lowest BCUT2D eigenvalue weighted by molar-refractivity contribution is -0.00237. The van der Waals surface area contributed by atoms with E-state index in [9.17, 15) is 4.79 Å². The summed E-state index contributed by atoms with van der Waals surface area (Å²) >= 11 is 7.82. The number of hydrogen-bond donors (Lipinski definition) is 2. The molecule has 0 aromatic rings. The van der Waals surface area contributed by atoms with Crippen LogP contribution in [0.4, 0.5) is 4.79 Å². The third-order valence-corrected chi connectivity index (χ3v) is 1.50. The van der Waals surface area contributed by atoms with Gasteiger partial charge >= 0.3 is 6.16 Å². The molecule has 3 nitrogen and oxygen atoms in total. The SMILES string of the molecule is O=C1OC(S)CC(S)O1. The molecule has 0 bridgehead atoms. The monoisotopic (exact) mass is 166 g/mol. The zero-order chi connectivity index (χ0) is 6.85. The first-order chi connectivity index (χ1) is 4.18. The molecule has 1 aliphatic rings. The van der Waals surface area contributed by atoms with E-state index < -0.39 is 6.16 Å². The van der Waals surface area contributed by atoms with Crippen molar-refractivity contribution in [2.45, 2.75) is 17.3 Å². The van der Waals surface area contributed by atoms with Gasteiger partial charge in [-0.05, 0) is 0 Å². The van der Waals surface area contributed by atoms with Gasteiger partial charge in [0.2, 0.25) is 0 Å². The summed E-state index contributed by atoms with van der Waals surface area (Å²) in [6.45, 7) is 0. The largest absolute Gasteiger partial charge is 0.510 e. The van der Waals surface area contributed by atoms with Crippen molar-refractivity contribution in [2.24, 2.45) is 0 Å². The van der Waals surface area contributed by atoms with E-state index in [2.05, 4.69) is 34.7 Å². The van der Waals surface area contributed by atoms with Crippen LogP contribution in [0.1, 0.15) is 6.42 Å². The van der Waals surface area contributed by atoms with E-state index in [1.807, 2.05) is 0 Å². The molecule has 0 aliphatic carbocycles. The maximum absolute atomic E-state index is 10.3. The second kappa shape index (κ2) is 2.70. The first-order valence-electron chi connectivity index (χ1n) is 2.42. The highest BCUT2D eigenvalue weighted by Gasteiger charge is 2.24. The molecule has 1 fully saturated rings. The summed E-state index contributed by atoms with van der Waals surface area (Å²) in [4.78, 5) is 10.3. The molecule has 0 saturated carbocycles. The van der Waals surface area contributed by atoms with E-state index in [-0.39, 0.29) is 10.9 Å². The van der Waals surface area contributed by atoms with Crippen LogP contribution in [0.3, 0.4) is 0 Å². The number of carbonyl (C=O) groups excluding carboxylic acids is 1. The average Bonchev–Trinajstić information content (AvgIpc) is 1.59. The van der Waals surface area contributed by atoms with Gasteiger partial charge in [0.05, 0.1) is 0 Å². The van der Waals surface area contributed by atoms with Crippen molar-refractivity contribution in [1.29, 1.82) is 0 Å². The highest BCUT2D eigenvalue weighted by molar-refractivity contribution is 7.81. The molecule has 0 aromatic heterocycles. The molecule has 9 heavy (non-hydrogen) atoms. The van der Waals surface area contributed by atoms with Crippen LogP contribution < -0.4 is 0 Å². The second-order valence-electron chi connectivity index (χ2n) is 1.63. The van der Waals surface area contributed by atoms with Crippen molar-refractivity contribution in [2.75, 3.05) is 0 Å². The van der Waals surface area contributed by atoms with Crippen LogP contribution in [0.25, 0.3) is 0 Å². The minimum atomic E-state index is -0.693. The summed E-state index contributed by atoms with van der Waals surface area (Å²) in [5.74, 6) is 0. The minimum Gasteiger partial charge on any atom is -0.420 e. The van der Waals surface area contributed by atoms with Gasteiger partial charge in [-0.1, -0.05) is 0 Å². The highest BCUT2D eigenvalue weighted by Crippen LogP contribution is 2.19. The van der Waals surface area contributed by atoms with E-state index in [4.69, 9.17) is 0 Å². The lowest BCUT2D eigenvalue weighted by Gasteiger charge is -2.22. The van der Waals surface area contributed by atoms with Crippen molar-refractivity contribution in [3.63, 3.8) is 0 Å². The molecule has 1 heterocycles. The van der Waals surface area contributed by atoms with Crippen molar-refractivity contribution in [3.05, 3.63) is 0 Å². The summed E-state index contributed by atoms with van der Waals surface area (Å²) in [5, 5.41) is 0. The summed E-state index contributed by atoms with van der Waals surface area (Å²) in [5.41, 5.74) is -0.734. The number of carbonyl (C=O) groups is 1. The van der Waals surface area contributed by atoms with Crippen LogP contribution >= 0.6 is 25.3 Å². The lowest BCUT2D eigenvalue weighted by atomic mass is 10.4. The van der Waals surface area contributed by atoms with Gasteiger partial charge in [0, 0.05) is 6.42 Å². The molecule has 0 amide bonds. The predicted octanol–water partition coefficient (Wildman–Crippen LogP) is 1.06. The topological polar surface area (TPSA) is 35.5 Å². The van der Waals surface area contributed by atoms with Gasteiger partial charge in [0.15, 0.2) is 10.9 Å². The van der Waals surface area contributed by atoms with Gasteiger partial charge in [-0.3, -0.25) is 0 Å². The van der Waals surface area contributed by atoms with E-state index in [1.165, 1.54) is 0 Å². The molecule has 2 unspecified atom stereocenters. The minimum absolute atomic E-state index is 0.367. The Bertz CT molecular complexity index is 115. The zero-order valence-corrected chi connectivity index (χ0v) is 6.27. The van der Waals surface area contributed by atoms with E-state index in [0.29, 0.717) is 6.42 Å². The summed E-state index contributed by atoms with van der Waals surface area (Å²) < 4.78 is 9.02. The van der Waals surface area contributed by atoms with E-state index in [0.717, 1.165) is 0 Å². The molecule has 0 radical (unpaired) electrons. The van der Waals surface area contributed by atoms with E-state index in [1.54, 1.807) is 0 Å². The van der Waals surface area contributed by atoms with Crippen LogP contribution in [-0.2, 0) is 9.47 Å². The van der Waals surface area contributed by atoms with Crippen molar-refractivity contribution in [1.82, 2.24) is 0 Å². The number of ether oxygens (including phenoxy) is 2. The number of hydrogen-bond acceptors (Lipinski definition) is 5. The average molecular weight is 166 g/mol. The van der Waals surface area contributed by atoms with Gasteiger partial charge < -0.3 is 9.47 Å². The zero-order valence-electron chi connectivity index (χ0n) is 4.48. The lowest BCUT2D eigenvalue weighted by Crippen LogP contribution is -2.28. The van der Waals surface area contributed by atoms with Crippen LogP contribution in [-0.4, -0.2) is 17.0 Å². The Morgan fingerprint density at radius 2 is 1.78 bits per heavy atom. The molecule has 1 rings (SSSR count). The maximum Gasteiger partial charge on any atom is 0.510 e. The van der Waals surface area contributed by atoms with Gasteiger partial charge in [-0.2, -0.15) is 0 Å². The molecular formula is C4H6O3S2. The summed E-state index contributed by atoms with van der Waals surface area (Å²) in [6.07, 6.45) is -0.168. The summed E-state index contributed by atoms with van der Waals surface area (Å²) in [7, 11) is 0. The molecule has 5 heteroatoms. The summed E-state index contributed by atoms with van der Waals surface area (Å²) in [6, 6.07) is 0. The third kappa shape index (κ3) is 1.98. The second-order valence-corrected chi connectivity index (χ2v) is 2.78. The van der Waals surface area contributed by atoms with Gasteiger partial charge in [-0.25, -0.2) is 4.79 Å². The molecule has 2 atom stereocenters. The molecule has 0 aromatic carbocycles. The van der Waals surface area contributed by atoms with Crippen molar-refractivity contribution < 1.29 is 14.3 Å². The Hall–Kier alpha value is -0.0300. The molecular weight excluding hydrogens is 160 g/mol. The first kappa shape index (κ1) is 7.08. The molecule has 1 aliphatic heterocycles. The van der Waals surface area contributed by atoms with Gasteiger partial charge in [0.25, 0.3) is 0 Å². The Balaban J connectivity index is 2.43. The van der Waals surface area contributed by atoms with Crippen LogP contribution in [0, 0.1) is 0 Å². The fourth-order valence-electron chi connectivity index (χ4n) is 0.519. The van der Waals surface area contributed by atoms with Crippen LogP contribution in [0.2, 0.25) is 0 Å². The number of thiol groups is 2. The third-order valence-electron chi connectivity index (χ3n) is 0.868.